The van der Waals surface area contributed by atoms with Crippen LogP contribution in [0.3, 0.4) is 0 Å². The number of imide groups is 1. The molecule has 0 saturated carbocycles. The second-order valence-corrected chi connectivity index (χ2v) is 4.15. The third-order valence-electron chi connectivity index (χ3n) is 2.64. The summed E-state index contributed by atoms with van der Waals surface area (Å²) in [6.45, 7) is 0. The minimum Gasteiger partial charge on any atom is -0.268 e. The van der Waals surface area contributed by atoms with E-state index in [1.165, 1.54) is 18.3 Å². The summed E-state index contributed by atoms with van der Waals surface area (Å²) in [6.07, 6.45) is 1.47. The van der Waals surface area contributed by atoms with Crippen molar-refractivity contribution < 1.29 is 9.59 Å². The first-order chi connectivity index (χ1) is 8.68. The molecule has 0 radical (unpaired) electrons. The minimum atomic E-state index is -0.432. The quantitative estimate of drug-likeness (QED) is 0.734. The number of nitrogens with zero attached hydrogens (tertiary/aromatic N) is 3. The molecule has 0 spiro atoms. The van der Waals surface area contributed by atoms with Crippen LogP contribution in [-0.4, -0.2) is 22.0 Å². The maximum absolute atomic E-state index is 12.1. The van der Waals surface area contributed by atoms with Gasteiger partial charge in [-0.05, 0) is 30.3 Å². The predicted octanol–water partition coefficient (Wildman–Crippen LogP) is 1.93. The van der Waals surface area contributed by atoms with Crippen molar-refractivity contribution in [1.29, 1.82) is 0 Å². The number of benzene rings is 1. The highest BCUT2D eigenvalue weighted by Gasteiger charge is 2.37. The largest absolute Gasteiger partial charge is 0.268 e. The van der Waals surface area contributed by atoms with Crippen molar-refractivity contribution in [2.45, 2.75) is 0 Å². The molecule has 0 aliphatic carbocycles. The Bertz CT molecular complexity index is 658. The first-order valence-electron chi connectivity index (χ1n) is 5.14. The van der Waals surface area contributed by atoms with Crippen molar-refractivity contribution in [3.63, 3.8) is 0 Å². The van der Waals surface area contributed by atoms with Gasteiger partial charge in [0.15, 0.2) is 5.82 Å². The van der Waals surface area contributed by atoms with Gasteiger partial charge in [-0.15, -0.1) is 5.10 Å². The van der Waals surface area contributed by atoms with Gasteiger partial charge in [0, 0.05) is 11.2 Å². The molecule has 0 unspecified atom stereocenters. The van der Waals surface area contributed by atoms with Crippen molar-refractivity contribution in [2.24, 2.45) is 0 Å². The summed E-state index contributed by atoms with van der Waals surface area (Å²) < 4.78 is 0. The molecule has 0 bridgehead atoms. The van der Waals surface area contributed by atoms with E-state index in [1.807, 2.05) is 0 Å². The lowest BCUT2D eigenvalue weighted by atomic mass is 10.1. The molecular formula is C12H6ClN3O2. The van der Waals surface area contributed by atoms with Gasteiger partial charge in [-0.25, -0.2) is 4.90 Å². The van der Waals surface area contributed by atoms with Crippen LogP contribution in [0.15, 0.2) is 36.5 Å². The van der Waals surface area contributed by atoms with Crippen LogP contribution in [0.2, 0.25) is 5.02 Å². The Kier molecular flexibility index (Phi) is 2.34. The Morgan fingerprint density at radius 3 is 2.56 bits per heavy atom. The van der Waals surface area contributed by atoms with Crippen LogP contribution in [-0.2, 0) is 0 Å². The summed E-state index contributed by atoms with van der Waals surface area (Å²) in [7, 11) is 0. The number of hydrogen-bond donors (Lipinski definition) is 0. The summed E-state index contributed by atoms with van der Waals surface area (Å²) in [5.41, 5.74) is 0.619. The van der Waals surface area contributed by atoms with Crippen LogP contribution in [0.4, 0.5) is 5.82 Å². The van der Waals surface area contributed by atoms with E-state index in [9.17, 15) is 9.59 Å². The summed E-state index contributed by atoms with van der Waals surface area (Å²) in [6, 6.07) is 7.75. The van der Waals surface area contributed by atoms with Crippen molar-refractivity contribution >= 4 is 29.2 Å². The molecule has 18 heavy (non-hydrogen) atoms. The molecule has 5 nitrogen and oxygen atoms in total. The zero-order valence-corrected chi connectivity index (χ0v) is 9.76. The second kappa shape index (κ2) is 3.89. The zero-order valence-electron chi connectivity index (χ0n) is 9.00. The average molecular weight is 260 g/mol. The second-order valence-electron chi connectivity index (χ2n) is 3.72. The van der Waals surface area contributed by atoms with Crippen molar-refractivity contribution in [2.75, 3.05) is 4.90 Å². The highest BCUT2D eigenvalue weighted by atomic mass is 35.5. The van der Waals surface area contributed by atoms with Gasteiger partial charge in [0.2, 0.25) is 0 Å². The number of carbonyl (C=O) groups excluding carboxylic acids is 2. The van der Waals surface area contributed by atoms with Gasteiger partial charge in [-0.2, -0.15) is 5.10 Å². The van der Waals surface area contributed by atoms with E-state index in [0.29, 0.717) is 10.6 Å². The zero-order chi connectivity index (χ0) is 12.7. The predicted molar refractivity (Wildman–Crippen MR) is 64.6 cm³/mol. The maximum Gasteiger partial charge on any atom is 0.267 e. The lowest BCUT2D eigenvalue weighted by molar-refractivity contribution is 0.0925. The standard InChI is InChI=1S/C12H6ClN3O2/c13-7-3-4-8-9(6-7)12(18)16(11(8)17)10-2-1-5-14-15-10/h1-6H. The fourth-order valence-electron chi connectivity index (χ4n) is 1.83. The van der Waals surface area contributed by atoms with Crippen LogP contribution in [0.1, 0.15) is 20.7 Å². The Morgan fingerprint density at radius 2 is 1.83 bits per heavy atom. The lowest BCUT2D eigenvalue weighted by Gasteiger charge is -2.10. The van der Waals surface area contributed by atoms with Gasteiger partial charge in [0.25, 0.3) is 11.8 Å². The first kappa shape index (κ1) is 10.9. The van der Waals surface area contributed by atoms with E-state index >= 15 is 0 Å². The Hall–Kier alpha value is -2.27. The Balaban J connectivity index is 2.13. The average Bonchev–Trinajstić information content (AvgIpc) is 2.63. The summed E-state index contributed by atoms with van der Waals surface area (Å²) in [4.78, 5) is 25.2. The molecule has 0 saturated heterocycles. The van der Waals surface area contributed by atoms with Gasteiger partial charge >= 0.3 is 0 Å². The number of anilines is 1. The SMILES string of the molecule is O=C1c2ccc(Cl)cc2C(=O)N1c1cccnn1. The normalized spacial score (nSPS) is 13.9. The lowest BCUT2D eigenvalue weighted by Crippen LogP contribution is -2.30. The number of halogens is 1. The number of rotatable bonds is 1. The third-order valence-corrected chi connectivity index (χ3v) is 2.87. The van der Waals surface area contributed by atoms with E-state index in [1.54, 1.807) is 18.2 Å². The molecular weight excluding hydrogens is 254 g/mol. The van der Waals surface area contributed by atoms with Crippen molar-refractivity contribution in [1.82, 2.24) is 10.2 Å². The fraction of sp³-hybridized carbons (Fsp3) is 0. The first-order valence-corrected chi connectivity index (χ1v) is 5.52. The smallest absolute Gasteiger partial charge is 0.267 e. The number of aromatic nitrogens is 2. The summed E-state index contributed by atoms with van der Waals surface area (Å²) >= 11 is 5.82. The molecule has 2 amide bonds. The number of amides is 2. The minimum absolute atomic E-state index is 0.208. The monoisotopic (exact) mass is 259 g/mol. The Morgan fingerprint density at radius 1 is 1.06 bits per heavy atom. The van der Waals surface area contributed by atoms with Gasteiger partial charge in [-0.3, -0.25) is 9.59 Å². The van der Waals surface area contributed by atoms with Crippen LogP contribution in [0.25, 0.3) is 0 Å². The maximum atomic E-state index is 12.1. The van der Waals surface area contributed by atoms with E-state index in [0.717, 1.165) is 4.90 Å². The Labute approximate surface area is 107 Å². The topological polar surface area (TPSA) is 63.2 Å². The summed E-state index contributed by atoms with van der Waals surface area (Å²) in [5.74, 6) is -0.634. The molecule has 1 aliphatic rings. The summed E-state index contributed by atoms with van der Waals surface area (Å²) in [5, 5.41) is 7.84. The molecule has 1 aromatic carbocycles. The molecule has 6 heteroatoms. The number of fused-ring (bicyclic) bond motifs is 1. The van der Waals surface area contributed by atoms with Crippen LogP contribution in [0.5, 0.6) is 0 Å². The molecule has 2 aromatic rings. The van der Waals surface area contributed by atoms with Crippen molar-refractivity contribution in [3.8, 4) is 0 Å². The van der Waals surface area contributed by atoms with E-state index < -0.39 is 11.8 Å². The molecule has 3 rings (SSSR count). The highest BCUT2D eigenvalue weighted by Crippen LogP contribution is 2.28. The van der Waals surface area contributed by atoms with E-state index in [2.05, 4.69) is 10.2 Å². The van der Waals surface area contributed by atoms with Crippen molar-refractivity contribution in [3.05, 3.63) is 52.7 Å². The molecule has 2 heterocycles. The van der Waals surface area contributed by atoms with Gasteiger partial charge in [0.05, 0.1) is 11.1 Å². The third kappa shape index (κ3) is 1.48. The van der Waals surface area contributed by atoms with Gasteiger partial charge in [0.1, 0.15) is 0 Å². The highest BCUT2D eigenvalue weighted by molar-refractivity contribution is 6.36. The van der Waals surface area contributed by atoms with Gasteiger partial charge < -0.3 is 0 Å². The van der Waals surface area contributed by atoms with Crippen LogP contribution in [0, 0.1) is 0 Å². The van der Waals surface area contributed by atoms with Gasteiger partial charge in [-0.1, -0.05) is 11.6 Å². The number of hydrogen-bond acceptors (Lipinski definition) is 4. The van der Waals surface area contributed by atoms with E-state index in [4.69, 9.17) is 11.6 Å². The molecule has 88 valence electrons. The van der Waals surface area contributed by atoms with Crippen LogP contribution >= 0.6 is 11.6 Å². The molecule has 0 fully saturated rings. The fourth-order valence-corrected chi connectivity index (χ4v) is 2.01. The van der Waals surface area contributed by atoms with E-state index in [-0.39, 0.29) is 11.4 Å². The molecule has 0 atom stereocenters. The van der Waals surface area contributed by atoms with Crippen LogP contribution < -0.4 is 4.90 Å². The number of carbonyl (C=O) groups is 2. The molecule has 1 aromatic heterocycles. The molecule has 0 N–H and O–H groups in total. The molecule has 1 aliphatic heterocycles.